The van der Waals surface area contributed by atoms with Crippen LogP contribution in [-0.4, -0.2) is 12.4 Å². The fourth-order valence-corrected chi connectivity index (χ4v) is 0.829. The highest BCUT2D eigenvalue weighted by Crippen LogP contribution is 1.93. The van der Waals surface area contributed by atoms with Crippen LogP contribution in [0.1, 0.15) is 0 Å². The van der Waals surface area contributed by atoms with Gasteiger partial charge in [0.05, 0.1) is 5.88 Å². The molecule has 0 saturated carbocycles. The molecule has 0 unspecified atom stereocenters. The fraction of sp³-hybridized carbons (Fsp3) is 0.667. The summed E-state index contributed by atoms with van der Waals surface area (Å²) in [6.45, 7) is 2.99. The predicted octanol–water partition coefficient (Wildman–Crippen LogP) is -0.0533. The Balaban J connectivity index is 2.00. The average molecular weight is 103 g/mol. The van der Waals surface area contributed by atoms with Crippen LogP contribution in [0.5, 0.6) is 0 Å². The van der Waals surface area contributed by atoms with Crippen molar-refractivity contribution in [2.75, 3.05) is 12.4 Å². The minimum atomic E-state index is 0.993. The van der Waals surface area contributed by atoms with Crippen molar-refractivity contribution in [1.82, 2.24) is 10.0 Å². The molecule has 1 heterocycles. The van der Waals surface area contributed by atoms with E-state index in [0.717, 1.165) is 12.4 Å². The molecule has 2 N–H and O–H groups in total. The molecule has 3 heteroatoms. The van der Waals surface area contributed by atoms with Crippen molar-refractivity contribution in [3.05, 3.63) is 6.54 Å². The van der Waals surface area contributed by atoms with Gasteiger partial charge in [0.1, 0.15) is 0 Å². The topological polar surface area (TPSA) is 24.1 Å². The van der Waals surface area contributed by atoms with E-state index in [-0.39, 0.29) is 0 Å². The molecule has 0 amide bonds. The number of nitrogens with one attached hydrogen (secondary N) is 2. The number of hydrogen-bond acceptors (Lipinski definition) is 3. The first kappa shape index (κ1) is 4.43. The van der Waals surface area contributed by atoms with E-state index in [1.807, 2.05) is 6.54 Å². The number of rotatable bonds is 0. The summed E-state index contributed by atoms with van der Waals surface area (Å²) >= 11 is 1.68. The maximum Gasteiger partial charge on any atom is 0.0566 e. The first-order valence-electron chi connectivity index (χ1n) is 1.90. The van der Waals surface area contributed by atoms with Gasteiger partial charge in [-0.2, -0.15) is 0 Å². The van der Waals surface area contributed by atoms with Crippen LogP contribution >= 0.6 is 11.9 Å². The monoisotopic (exact) mass is 103 g/mol. The van der Waals surface area contributed by atoms with Crippen molar-refractivity contribution in [3.63, 3.8) is 0 Å². The van der Waals surface area contributed by atoms with Crippen molar-refractivity contribution < 1.29 is 0 Å². The van der Waals surface area contributed by atoms with E-state index in [4.69, 9.17) is 0 Å². The van der Waals surface area contributed by atoms with Gasteiger partial charge >= 0.3 is 0 Å². The third kappa shape index (κ3) is 1.16. The minimum absolute atomic E-state index is 0.993. The molecule has 0 aromatic carbocycles. The molecular formula is C3H7N2S. The summed E-state index contributed by atoms with van der Waals surface area (Å²) in [7, 11) is 0. The normalized spacial score (nSPS) is 24.0. The summed E-state index contributed by atoms with van der Waals surface area (Å²) in [4.78, 5) is 0. The van der Waals surface area contributed by atoms with Crippen LogP contribution in [0, 0.1) is 6.54 Å². The van der Waals surface area contributed by atoms with E-state index in [2.05, 4.69) is 10.0 Å². The van der Waals surface area contributed by atoms with Crippen LogP contribution in [0.4, 0.5) is 0 Å². The molecule has 6 heavy (non-hydrogen) atoms. The second-order valence-electron chi connectivity index (χ2n) is 1.06. The first-order chi connectivity index (χ1) is 3.00. The highest BCUT2D eigenvalue weighted by atomic mass is 32.2. The average Bonchev–Trinajstić information content (AvgIpc) is 1.72. The molecule has 35 valence electrons. The van der Waals surface area contributed by atoms with Gasteiger partial charge in [0.15, 0.2) is 0 Å². The first-order valence-corrected chi connectivity index (χ1v) is 2.88. The second-order valence-corrected chi connectivity index (χ2v) is 1.88. The summed E-state index contributed by atoms with van der Waals surface area (Å²) in [5, 5.41) is 3.13. The van der Waals surface area contributed by atoms with Gasteiger partial charge in [0.2, 0.25) is 0 Å². The largest absolute Gasteiger partial charge is 0.305 e. The lowest BCUT2D eigenvalue weighted by molar-refractivity contribution is 0.800. The van der Waals surface area contributed by atoms with Crippen molar-refractivity contribution >= 4 is 11.9 Å². The Hall–Kier alpha value is 0.270. The van der Waals surface area contributed by atoms with Crippen molar-refractivity contribution in [1.29, 1.82) is 0 Å². The zero-order valence-electron chi connectivity index (χ0n) is 3.40. The van der Waals surface area contributed by atoms with Gasteiger partial charge in [-0.15, -0.1) is 0 Å². The smallest absolute Gasteiger partial charge is 0.0566 e. The summed E-state index contributed by atoms with van der Waals surface area (Å²) in [6, 6.07) is 0. The Labute approximate surface area is 41.8 Å². The van der Waals surface area contributed by atoms with Crippen molar-refractivity contribution in [2.45, 2.75) is 0 Å². The van der Waals surface area contributed by atoms with Crippen LogP contribution in [0.25, 0.3) is 0 Å². The van der Waals surface area contributed by atoms with E-state index in [0.29, 0.717) is 0 Å². The van der Waals surface area contributed by atoms with Gasteiger partial charge in [-0.05, 0) is 0 Å². The maximum atomic E-state index is 3.13. The molecule has 0 aliphatic carbocycles. The van der Waals surface area contributed by atoms with Gasteiger partial charge in [-0.1, -0.05) is 11.9 Å². The molecule has 1 aliphatic heterocycles. The molecule has 2 nitrogen and oxygen atoms in total. The van der Waals surface area contributed by atoms with Crippen molar-refractivity contribution in [2.24, 2.45) is 0 Å². The lowest BCUT2D eigenvalue weighted by Gasteiger charge is -2.09. The summed E-state index contributed by atoms with van der Waals surface area (Å²) < 4.78 is 3.01. The van der Waals surface area contributed by atoms with Gasteiger partial charge in [0, 0.05) is 13.1 Å². The van der Waals surface area contributed by atoms with Crippen molar-refractivity contribution in [3.8, 4) is 0 Å². The Morgan fingerprint density at radius 3 is 2.83 bits per heavy atom. The van der Waals surface area contributed by atoms with Crippen LogP contribution in [-0.2, 0) is 0 Å². The maximum absolute atomic E-state index is 3.13. The third-order valence-corrected chi connectivity index (χ3v) is 1.27. The zero-order chi connectivity index (χ0) is 4.24. The summed E-state index contributed by atoms with van der Waals surface area (Å²) in [6.07, 6.45) is 0. The third-order valence-electron chi connectivity index (χ3n) is 0.587. The van der Waals surface area contributed by atoms with Crippen LogP contribution < -0.4 is 10.0 Å². The number of hydrogen-bond donors (Lipinski definition) is 2. The molecule has 1 fully saturated rings. The molecule has 1 aliphatic rings. The van der Waals surface area contributed by atoms with E-state index in [1.165, 1.54) is 0 Å². The lowest BCUT2D eigenvalue weighted by atomic mass is 10.7. The quantitative estimate of drug-likeness (QED) is 0.420. The molecular weight excluding hydrogens is 96.1 g/mol. The van der Waals surface area contributed by atoms with Gasteiger partial charge in [-0.3, -0.25) is 4.72 Å². The molecule has 1 radical (unpaired) electrons. The predicted molar refractivity (Wildman–Crippen MR) is 27.9 cm³/mol. The highest BCUT2D eigenvalue weighted by molar-refractivity contribution is 7.97. The minimum Gasteiger partial charge on any atom is -0.305 e. The molecule has 1 rings (SSSR count). The Morgan fingerprint density at radius 1 is 1.67 bits per heavy atom. The van der Waals surface area contributed by atoms with E-state index in [9.17, 15) is 0 Å². The SMILES string of the molecule is [CH]1CNCSN1. The Morgan fingerprint density at radius 2 is 2.67 bits per heavy atom. The molecule has 1 saturated heterocycles. The lowest BCUT2D eigenvalue weighted by Crippen LogP contribution is -2.26. The molecule has 0 aromatic heterocycles. The molecule has 0 bridgehead atoms. The van der Waals surface area contributed by atoms with E-state index < -0.39 is 0 Å². The summed E-state index contributed by atoms with van der Waals surface area (Å²) in [5.74, 6) is 1.02. The van der Waals surface area contributed by atoms with Gasteiger partial charge < -0.3 is 5.32 Å². The molecule has 0 aromatic rings. The molecule has 0 atom stereocenters. The van der Waals surface area contributed by atoms with Gasteiger partial charge in [-0.25, -0.2) is 0 Å². The van der Waals surface area contributed by atoms with E-state index >= 15 is 0 Å². The Bertz CT molecular complexity index is 24.3. The van der Waals surface area contributed by atoms with E-state index in [1.54, 1.807) is 11.9 Å². The zero-order valence-corrected chi connectivity index (χ0v) is 4.22. The van der Waals surface area contributed by atoms with Crippen LogP contribution in [0.15, 0.2) is 0 Å². The highest BCUT2D eigenvalue weighted by Gasteiger charge is 1.92. The summed E-state index contributed by atoms with van der Waals surface area (Å²) in [5.41, 5.74) is 0. The standard InChI is InChI=1S/C3H7N2S/c1-2-5-6-3-4-1/h2,4-5H,1,3H2. The van der Waals surface area contributed by atoms with Gasteiger partial charge in [0.25, 0.3) is 0 Å². The molecule has 0 spiro atoms. The fourth-order valence-electron chi connectivity index (χ4n) is 0.324. The second kappa shape index (κ2) is 2.44. The Kier molecular flexibility index (Phi) is 1.80. The van der Waals surface area contributed by atoms with Crippen LogP contribution in [0.3, 0.4) is 0 Å². The van der Waals surface area contributed by atoms with Crippen LogP contribution in [0.2, 0.25) is 0 Å².